The lowest BCUT2D eigenvalue weighted by atomic mass is 9.87. The van der Waals surface area contributed by atoms with Crippen molar-refractivity contribution in [1.29, 1.82) is 0 Å². The van der Waals surface area contributed by atoms with Crippen LogP contribution in [0.5, 0.6) is 0 Å². The fourth-order valence-electron chi connectivity index (χ4n) is 2.37. The second kappa shape index (κ2) is 3.48. The van der Waals surface area contributed by atoms with Crippen LogP contribution in [-0.2, 0) is 19.0 Å². The molecule has 88 valence electrons. The third kappa shape index (κ3) is 1.82. The monoisotopic (exact) mass is 229 g/mol. The van der Waals surface area contributed by atoms with E-state index in [2.05, 4.69) is 0 Å². The molecule has 0 bridgehead atoms. The first-order valence-corrected chi connectivity index (χ1v) is 5.24. The molecule has 0 aromatic heterocycles. The van der Waals surface area contributed by atoms with Gasteiger partial charge < -0.3 is 5.73 Å². The summed E-state index contributed by atoms with van der Waals surface area (Å²) in [6.45, 7) is 2.35. The van der Waals surface area contributed by atoms with Gasteiger partial charge in [0.15, 0.2) is 0 Å². The van der Waals surface area contributed by atoms with Crippen LogP contribution in [0, 0.1) is 5.41 Å². The third-order valence-electron chi connectivity index (χ3n) is 3.29. The average molecular weight is 229 g/mol. The fraction of sp³-hybridized carbons (Fsp3) is 0.500. The van der Waals surface area contributed by atoms with Crippen molar-refractivity contribution in [3.05, 3.63) is 34.9 Å². The molecule has 1 aliphatic carbocycles. The minimum absolute atomic E-state index is 0.219. The van der Waals surface area contributed by atoms with Crippen molar-refractivity contribution in [3.8, 4) is 0 Å². The Morgan fingerprint density at radius 2 is 2.00 bits per heavy atom. The van der Waals surface area contributed by atoms with E-state index in [1.165, 1.54) is 6.07 Å². The fourth-order valence-corrected chi connectivity index (χ4v) is 2.37. The van der Waals surface area contributed by atoms with Crippen molar-refractivity contribution in [2.75, 3.05) is 6.54 Å². The SMILES string of the molecule is CC1(CN)Cc2cccc(C(F)(F)F)c2C1. The highest BCUT2D eigenvalue weighted by Crippen LogP contribution is 2.42. The van der Waals surface area contributed by atoms with Gasteiger partial charge in [-0.25, -0.2) is 0 Å². The number of nitrogens with two attached hydrogens (primary N) is 1. The molecule has 1 aromatic rings. The lowest BCUT2D eigenvalue weighted by Crippen LogP contribution is -2.27. The first-order chi connectivity index (χ1) is 7.36. The van der Waals surface area contributed by atoms with Gasteiger partial charge in [-0.15, -0.1) is 0 Å². The maximum atomic E-state index is 12.8. The molecule has 0 spiro atoms. The summed E-state index contributed by atoms with van der Waals surface area (Å²) in [4.78, 5) is 0. The Hall–Kier alpha value is -1.03. The van der Waals surface area contributed by atoms with E-state index in [1.54, 1.807) is 6.07 Å². The molecule has 2 rings (SSSR count). The highest BCUT2D eigenvalue weighted by Gasteiger charge is 2.40. The molecule has 0 fully saturated rings. The molecular weight excluding hydrogens is 215 g/mol. The van der Waals surface area contributed by atoms with Gasteiger partial charge in [-0.3, -0.25) is 0 Å². The molecule has 1 nitrogen and oxygen atoms in total. The minimum atomic E-state index is -4.26. The average Bonchev–Trinajstić information content (AvgIpc) is 2.53. The first kappa shape index (κ1) is 11.5. The van der Waals surface area contributed by atoms with Crippen LogP contribution in [0.2, 0.25) is 0 Å². The molecule has 1 atom stereocenters. The summed E-state index contributed by atoms with van der Waals surface area (Å²) in [6.07, 6.45) is -3.19. The van der Waals surface area contributed by atoms with Crippen LogP contribution in [0.25, 0.3) is 0 Å². The van der Waals surface area contributed by atoms with Crippen LogP contribution in [0.15, 0.2) is 18.2 Å². The number of rotatable bonds is 1. The largest absolute Gasteiger partial charge is 0.416 e. The molecular formula is C12H14F3N. The zero-order chi connectivity index (χ0) is 12.0. The molecule has 4 heteroatoms. The molecule has 0 heterocycles. The van der Waals surface area contributed by atoms with Gasteiger partial charge in [0.25, 0.3) is 0 Å². The van der Waals surface area contributed by atoms with Gasteiger partial charge in [-0.2, -0.15) is 13.2 Å². The minimum Gasteiger partial charge on any atom is -0.330 e. The van der Waals surface area contributed by atoms with E-state index in [9.17, 15) is 13.2 Å². The van der Waals surface area contributed by atoms with Crippen LogP contribution in [0.4, 0.5) is 13.2 Å². The van der Waals surface area contributed by atoms with Gasteiger partial charge in [0, 0.05) is 0 Å². The summed E-state index contributed by atoms with van der Waals surface area (Å²) in [5.74, 6) is 0. The standard InChI is InChI=1S/C12H14F3N/c1-11(7-16)5-8-3-2-4-10(9(8)6-11)12(13,14)15/h2-4H,5-7,16H2,1H3. The van der Waals surface area contributed by atoms with Crippen molar-refractivity contribution in [1.82, 2.24) is 0 Å². The molecule has 1 aromatic carbocycles. The van der Waals surface area contributed by atoms with E-state index in [-0.39, 0.29) is 5.41 Å². The molecule has 2 N–H and O–H groups in total. The highest BCUT2D eigenvalue weighted by atomic mass is 19.4. The summed E-state index contributed by atoms with van der Waals surface area (Å²) in [6, 6.07) is 4.40. The van der Waals surface area contributed by atoms with Crippen LogP contribution < -0.4 is 5.73 Å². The van der Waals surface area contributed by atoms with Crippen molar-refractivity contribution in [3.63, 3.8) is 0 Å². The number of hydrogen-bond donors (Lipinski definition) is 1. The van der Waals surface area contributed by atoms with Crippen LogP contribution in [-0.4, -0.2) is 6.54 Å². The normalized spacial score (nSPS) is 24.6. The zero-order valence-electron chi connectivity index (χ0n) is 9.06. The molecule has 0 saturated carbocycles. The number of alkyl halides is 3. The van der Waals surface area contributed by atoms with E-state index in [4.69, 9.17) is 5.73 Å². The lowest BCUT2D eigenvalue weighted by Gasteiger charge is -2.20. The summed E-state index contributed by atoms with van der Waals surface area (Å²) in [7, 11) is 0. The second-order valence-corrected chi connectivity index (χ2v) is 4.81. The Balaban J connectivity index is 2.47. The van der Waals surface area contributed by atoms with Gasteiger partial charge in [-0.1, -0.05) is 19.1 Å². The van der Waals surface area contributed by atoms with Gasteiger partial charge in [0.1, 0.15) is 0 Å². The topological polar surface area (TPSA) is 26.0 Å². The Labute approximate surface area is 92.5 Å². The second-order valence-electron chi connectivity index (χ2n) is 4.81. The Bertz CT molecular complexity index is 411. The van der Waals surface area contributed by atoms with Crippen LogP contribution in [0.3, 0.4) is 0 Å². The molecule has 1 unspecified atom stereocenters. The van der Waals surface area contributed by atoms with Crippen molar-refractivity contribution in [2.24, 2.45) is 11.1 Å². The van der Waals surface area contributed by atoms with Crippen molar-refractivity contribution < 1.29 is 13.2 Å². The van der Waals surface area contributed by atoms with Gasteiger partial charge in [-0.05, 0) is 42.0 Å². The van der Waals surface area contributed by atoms with E-state index in [0.717, 1.165) is 11.6 Å². The number of hydrogen-bond acceptors (Lipinski definition) is 1. The molecule has 0 saturated heterocycles. The molecule has 16 heavy (non-hydrogen) atoms. The lowest BCUT2D eigenvalue weighted by molar-refractivity contribution is -0.138. The van der Waals surface area contributed by atoms with E-state index in [1.807, 2.05) is 6.92 Å². The summed E-state index contributed by atoms with van der Waals surface area (Å²) >= 11 is 0. The van der Waals surface area contributed by atoms with Gasteiger partial charge >= 0.3 is 6.18 Å². The van der Waals surface area contributed by atoms with Crippen molar-refractivity contribution >= 4 is 0 Å². The summed E-state index contributed by atoms with van der Waals surface area (Å²) < 4.78 is 38.3. The van der Waals surface area contributed by atoms with Gasteiger partial charge in [0.2, 0.25) is 0 Å². The first-order valence-electron chi connectivity index (χ1n) is 5.24. The summed E-state index contributed by atoms with van der Waals surface area (Å²) in [5, 5.41) is 0. The van der Waals surface area contributed by atoms with E-state index < -0.39 is 11.7 Å². The van der Waals surface area contributed by atoms with E-state index in [0.29, 0.717) is 24.9 Å². The predicted octanol–water partition coefficient (Wildman–Crippen LogP) is 2.77. The Kier molecular flexibility index (Phi) is 2.49. The molecule has 0 aliphatic heterocycles. The predicted molar refractivity (Wildman–Crippen MR) is 56.0 cm³/mol. The van der Waals surface area contributed by atoms with Gasteiger partial charge in [0.05, 0.1) is 5.56 Å². The Morgan fingerprint density at radius 1 is 1.31 bits per heavy atom. The smallest absolute Gasteiger partial charge is 0.330 e. The molecule has 0 amide bonds. The number of benzene rings is 1. The zero-order valence-corrected chi connectivity index (χ0v) is 9.06. The maximum Gasteiger partial charge on any atom is 0.416 e. The number of halogens is 3. The van der Waals surface area contributed by atoms with Crippen LogP contribution >= 0.6 is 0 Å². The molecule has 1 aliphatic rings. The van der Waals surface area contributed by atoms with Crippen LogP contribution in [0.1, 0.15) is 23.6 Å². The van der Waals surface area contributed by atoms with Crippen molar-refractivity contribution in [2.45, 2.75) is 25.9 Å². The maximum absolute atomic E-state index is 12.8. The highest BCUT2D eigenvalue weighted by molar-refractivity contribution is 5.42. The Morgan fingerprint density at radius 3 is 2.56 bits per heavy atom. The summed E-state index contributed by atoms with van der Waals surface area (Å²) in [5.41, 5.74) is 6.14. The number of fused-ring (bicyclic) bond motifs is 1. The van der Waals surface area contributed by atoms with E-state index >= 15 is 0 Å². The third-order valence-corrected chi connectivity index (χ3v) is 3.29. The quantitative estimate of drug-likeness (QED) is 0.787. The molecule has 0 radical (unpaired) electrons.